The Morgan fingerprint density at radius 2 is 1.87 bits per heavy atom. The molecule has 6 heteroatoms. The van der Waals surface area contributed by atoms with Crippen molar-refractivity contribution in [3.8, 4) is 0 Å². The summed E-state index contributed by atoms with van der Waals surface area (Å²) in [6, 6.07) is 4.53. The molecule has 0 radical (unpaired) electrons. The number of rotatable bonds is 1. The molecule has 0 aliphatic carbocycles. The highest BCUT2D eigenvalue weighted by molar-refractivity contribution is 5.92. The molecule has 2 rings (SSSR count). The van der Waals surface area contributed by atoms with Crippen LogP contribution in [0.15, 0.2) is 18.2 Å². The molecule has 1 heterocycles. The number of carbonyl (C=O) groups is 1. The molecule has 6 nitrogen and oxygen atoms in total. The van der Waals surface area contributed by atoms with E-state index in [0.717, 1.165) is 5.56 Å². The van der Waals surface area contributed by atoms with Gasteiger partial charge in [-0.25, -0.2) is 4.79 Å². The maximum atomic E-state index is 12.7. The van der Waals surface area contributed by atoms with Crippen molar-refractivity contribution >= 4 is 17.5 Å². The summed E-state index contributed by atoms with van der Waals surface area (Å²) in [5.41, 5.74) is 0.783. The fourth-order valence-corrected chi connectivity index (χ4v) is 2.78. The van der Waals surface area contributed by atoms with E-state index in [9.17, 15) is 14.9 Å². The van der Waals surface area contributed by atoms with Crippen LogP contribution in [0.5, 0.6) is 0 Å². The second-order valence-electron chi connectivity index (χ2n) is 8.01. The van der Waals surface area contributed by atoms with Crippen molar-refractivity contribution in [2.45, 2.75) is 59.6 Å². The Kier molecular flexibility index (Phi) is 4.13. The minimum Gasteiger partial charge on any atom is -0.443 e. The third kappa shape index (κ3) is 3.63. The maximum Gasteiger partial charge on any atom is 0.415 e. The van der Waals surface area contributed by atoms with Gasteiger partial charge in [-0.1, -0.05) is 20.8 Å². The van der Waals surface area contributed by atoms with Gasteiger partial charge in [-0.15, -0.1) is 0 Å². The molecule has 0 fully saturated rings. The van der Waals surface area contributed by atoms with Crippen LogP contribution in [-0.2, 0) is 11.2 Å². The van der Waals surface area contributed by atoms with Crippen molar-refractivity contribution in [3.63, 3.8) is 0 Å². The maximum absolute atomic E-state index is 12.7. The lowest BCUT2D eigenvalue weighted by atomic mass is 9.84. The minimum atomic E-state index is -0.594. The number of nitrogens with zero attached hydrogens (tertiary/aromatic N) is 2. The second-order valence-corrected chi connectivity index (χ2v) is 8.01. The first-order chi connectivity index (χ1) is 10.4. The van der Waals surface area contributed by atoms with Crippen molar-refractivity contribution in [2.24, 2.45) is 5.41 Å². The Morgan fingerprint density at radius 3 is 2.35 bits per heavy atom. The predicted octanol–water partition coefficient (Wildman–Crippen LogP) is 4.31. The summed E-state index contributed by atoms with van der Waals surface area (Å²) in [5.74, 6) is 0. The van der Waals surface area contributed by atoms with E-state index >= 15 is 0 Å². The zero-order chi connectivity index (χ0) is 17.6. The first-order valence-corrected chi connectivity index (χ1v) is 7.70. The van der Waals surface area contributed by atoms with E-state index in [1.165, 1.54) is 6.07 Å². The highest BCUT2D eigenvalue weighted by atomic mass is 16.6. The number of hydrogen-bond donors (Lipinski definition) is 0. The molecule has 1 atom stereocenters. The molecule has 23 heavy (non-hydrogen) atoms. The average molecular weight is 320 g/mol. The summed E-state index contributed by atoms with van der Waals surface area (Å²) < 4.78 is 5.53. The Labute approximate surface area is 136 Å². The van der Waals surface area contributed by atoms with Crippen LogP contribution in [-0.4, -0.2) is 22.7 Å². The molecule has 0 aromatic heterocycles. The number of anilines is 1. The van der Waals surface area contributed by atoms with Gasteiger partial charge in [-0.2, -0.15) is 0 Å². The molecule has 1 aliphatic heterocycles. The van der Waals surface area contributed by atoms with Crippen LogP contribution in [0.4, 0.5) is 16.2 Å². The van der Waals surface area contributed by atoms with Gasteiger partial charge in [0.2, 0.25) is 0 Å². The highest BCUT2D eigenvalue weighted by Crippen LogP contribution is 2.41. The smallest absolute Gasteiger partial charge is 0.415 e. The van der Waals surface area contributed by atoms with Gasteiger partial charge in [0.15, 0.2) is 0 Å². The fraction of sp³-hybridized carbons (Fsp3) is 0.588. The van der Waals surface area contributed by atoms with Crippen molar-refractivity contribution < 1.29 is 14.5 Å². The molecule has 0 spiro atoms. The number of amides is 1. The number of non-ortho nitro benzene ring substituents is 1. The van der Waals surface area contributed by atoms with E-state index in [0.29, 0.717) is 12.1 Å². The van der Waals surface area contributed by atoms with E-state index in [-0.39, 0.29) is 17.1 Å². The highest BCUT2D eigenvalue weighted by Gasteiger charge is 2.42. The quantitative estimate of drug-likeness (QED) is 0.571. The van der Waals surface area contributed by atoms with Gasteiger partial charge < -0.3 is 4.74 Å². The summed E-state index contributed by atoms with van der Waals surface area (Å²) in [5, 5.41) is 11.0. The number of hydrogen-bond acceptors (Lipinski definition) is 4. The minimum absolute atomic E-state index is 0.0439. The molecule has 1 amide bonds. The van der Waals surface area contributed by atoms with E-state index in [1.807, 2.05) is 20.8 Å². The van der Waals surface area contributed by atoms with Crippen LogP contribution < -0.4 is 4.90 Å². The first kappa shape index (κ1) is 17.2. The first-order valence-electron chi connectivity index (χ1n) is 7.70. The number of ether oxygens (including phenoxy) is 1. The average Bonchev–Trinajstić information content (AvgIpc) is 2.74. The lowest BCUT2D eigenvalue weighted by Crippen LogP contribution is -2.47. The van der Waals surface area contributed by atoms with Crippen LogP contribution in [0.2, 0.25) is 0 Å². The van der Waals surface area contributed by atoms with Gasteiger partial charge >= 0.3 is 6.09 Å². The summed E-state index contributed by atoms with van der Waals surface area (Å²) in [4.78, 5) is 24.9. The molecule has 0 saturated carbocycles. The SMILES string of the molecule is CC(C)(C)OC(=O)N1c2ccc([N+](=O)[O-])cc2C[C@@H]1C(C)(C)C. The largest absolute Gasteiger partial charge is 0.443 e. The van der Waals surface area contributed by atoms with E-state index in [4.69, 9.17) is 4.74 Å². The van der Waals surface area contributed by atoms with E-state index < -0.39 is 16.6 Å². The zero-order valence-electron chi connectivity index (χ0n) is 14.5. The Hall–Kier alpha value is -2.11. The van der Waals surface area contributed by atoms with Gasteiger partial charge in [0, 0.05) is 18.2 Å². The van der Waals surface area contributed by atoms with Crippen LogP contribution in [0.1, 0.15) is 47.1 Å². The summed E-state index contributed by atoms with van der Waals surface area (Å²) in [6.45, 7) is 11.6. The van der Waals surface area contributed by atoms with Gasteiger partial charge in [0.05, 0.1) is 10.6 Å². The number of nitro benzene ring substituents is 1. The van der Waals surface area contributed by atoms with Gasteiger partial charge in [-0.3, -0.25) is 15.0 Å². The molecule has 1 aromatic rings. The fourth-order valence-electron chi connectivity index (χ4n) is 2.78. The van der Waals surface area contributed by atoms with Crippen molar-refractivity contribution in [2.75, 3.05) is 4.90 Å². The zero-order valence-corrected chi connectivity index (χ0v) is 14.5. The number of benzene rings is 1. The Morgan fingerprint density at radius 1 is 1.26 bits per heavy atom. The molecule has 0 unspecified atom stereocenters. The normalized spacial score (nSPS) is 17.8. The van der Waals surface area contributed by atoms with Crippen LogP contribution in [0, 0.1) is 15.5 Å². The molecule has 1 aromatic carbocycles. The third-order valence-electron chi connectivity index (χ3n) is 3.85. The lowest BCUT2D eigenvalue weighted by molar-refractivity contribution is -0.384. The van der Waals surface area contributed by atoms with Gasteiger partial charge in [0.1, 0.15) is 5.60 Å². The predicted molar refractivity (Wildman–Crippen MR) is 88.8 cm³/mol. The standard InChI is InChI=1S/C17H24N2O4/c1-16(2,3)14-10-11-9-12(19(21)22)7-8-13(11)18(14)15(20)23-17(4,5)6/h7-9,14H,10H2,1-6H3/t14-/m1/s1. The summed E-state index contributed by atoms with van der Waals surface area (Å²) in [7, 11) is 0. The van der Waals surface area contributed by atoms with Crippen LogP contribution in [0.25, 0.3) is 0 Å². The van der Waals surface area contributed by atoms with E-state index in [2.05, 4.69) is 20.8 Å². The van der Waals surface area contributed by atoms with E-state index in [1.54, 1.807) is 17.0 Å². The van der Waals surface area contributed by atoms with Crippen LogP contribution in [0.3, 0.4) is 0 Å². The summed E-state index contributed by atoms with van der Waals surface area (Å²) >= 11 is 0. The lowest BCUT2D eigenvalue weighted by Gasteiger charge is -2.36. The molecular weight excluding hydrogens is 296 g/mol. The molecule has 126 valence electrons. The van der Waals surface area contributed by atoms with Gasteiger partial charge in [0.25, 0.3) is 5.69 Å². The second kappa shape index (κ2) is 5.51. The molecule has 0 bridgehead atoms. The molecule has 0 N–H and O–H groups in total. The molecule has 0 saturated heterocycles. The number of fused-ring (bicyclic) bond motifs is 1. The van der Waals surface area contributed by atoms with Crippen molar-refractivity contribution in [1.82, 2.24) is 0 Å². The number of carbonyl (C=O) groups excluding carboxylic acids is 1. The number of nitro groups is 1. The third-order valence-corrected chi connectivity index (χ3v) is 3.85. The van der Waals surface area contributed by atoms with Crippen LogP contribution >= 0.6 is 0 Å². The topological polar surface area (TPSA) is 72.7 Å². The van der Waals surface area contributed by atoms with Gasteiger partial charge in [-0.05, 0) is 44.2 Å². The summed E-state index contributed by atoms with van der Waals surface area (Å²) in [6.07, 6.45) is 0.171. The molecule has 1 aliphatic rings. The monoisotopic (exact) mass is 320 g/mol. The Bertz CT molecular complexity index is 641. The Balaban J connectivity index is 2.45. The van der Waals surface area contributed by atoms with Crippen molar-refractivity contribution in [3.05, 3.63) is 33.9 Å². The molecular formula is C17H24N2O4. The van der Waals surface area contributed by atoms with Crippen molar-refractivity contribution in [1.29, 1.82) is 0 Å².